The van der Waals surface area contributed by atoms with E-state index in [2.05, 4.69) is 20.7 Å². The molecule has 2 N–H and O–H groups in total. The van der Waals surface area contributed by atoms with Gasteiger partial charge in [-0.25, -0.2) is 17.9 Å². The van der Waals surface area contributed by atoms with E-state index in [1.807, 2.05) is 0 Å². The maximum absolute atomic E-state index is 12.1. The largest absolute Gasteiger partial charge is 0.478 e. The number of carboxylic acid groups (broad SMARTS) is 1. The zero-order valence-electron chi connectivity index (χ0n) is 10.8. The molecule has 0 aromatic heterocycles. The third kappa shape index (κ3) is 4.37. The third-order valence-corrected chi connectivity index (χ3v) is 5.70. The minimum atomic E-state index is -3.84. The molecule has 6 nitrogen and oxygen atoms in total. The molecule has 1 aromatic carbocycles. The van der Waals surface area contributed by atoms with E-state index in [-0.39, 0.29) is 22.8 Å². The number of sulfonamides is 1. The lowest BCUT2D eigenvalue weighted by Gasteiger charge is -2.11. The highest BCUT2D eigenvalue weighted by atomic mass is 79.9. The van der Waals surface area contributed by atoms with Crippen LogP contribution in [0.2, 0.25) is 0 Å². The molecule has 0 aliphatic carbocycles. The summed E-state index contributed by atoms with van der Waals surface area (Å²) < 4.78 is 37.9. The lowest BCUT2D eigenvalue weighted by molar-refractivity contribution is 0.0696. The van der Waals surface area contributed by atoms with Gasteiger partial charge in [-0.1, -0.05) is 15.9 Å². The SMILES string of the molecule is Cc1c(Br)cc(C(=O)O)cc1S(=O)(=O)NCCS(C)=O. The maximum atomic E-state index is 12.1. The fourth-order valence-electron chi connectivity index (χ4n) is 1.45. The molecular weight excluding hydrogens is 370 g/mol. The predicted octanol–water partition coefficient (Wildman–Crippen LogP) is 1.11. The van der Waals surface area contributed by atoms with Crippen molar-refractivity contribution in [1.29, 1.82) is 0 Å². The second-order valence-corrected chi connectivity index (χ2v) is 8.21. The Morgan fingerprint density at radius 3 is 2.55 bits per heavy atom. The van der Waals surface area contributed by atoms with Crippen molar-refractivity contribution in [1.82, 2.24) is 4.72 Å². The molecule has 0 amide bonds. The first-order valence-corrected chi connectivity index (χ1v) is 9.48. The second kappa shape index (κ2) is 6.79. The highest BCUT2D eigenvalue weighted by molar-refractivity contribution is 9.10. The van der Waals surface area contributed by atoms with Gasteiger partial charge in [-0.3, -0.25) is 4.21 Å². The number of aromatic carboxylic acids is 1. The van der Waals surface area contributed by atoms with Crippen LogP contribution in [0, 0.1) is 6.92 Å². The highest BCUT2D eigenvalue weighted by Gasteiger charge is 2.20. The number of carbonyl (C=O) groups is 1. The molecule has 112 valence electrons. The molecule has 1 aromatic rings. The van der Waals surface area contributed by atoms with Crippen LogP contribution in [0.1, 0.15) is 15.9 Å². The van der Waals surface area contributed by atoms with Crippen LogP contribution < -0.4 is 4.72 Å². The molecule has 20 heavy (non-hydrogen) atoms. The summed E-state index contributed by atoms with van der Waals surface area (Å²) in [5.41, 5.74) is 0.294. The van der Waals surface area contributed by atoms with E-state index in [1.54, 1.807) is 6.92 Å². The monoisotopic (exact) mass is 383 g/mol. The maximum Gasteiger partial charge on any atom is 0.335 e. The van der Waals surface area contributed by atoms with Crippen molar-refractivity contribution in [3.8, 4) is 0 Å². The number of nitrogens with one attached hydrogen (secondary N) is 1. The van der Waals surface area contributed by atoms with Gasteiger partial charge in [-0.2, -0.15) is 0 Å². The van der Waals surface area contributed by atoms with Gasteiger partial charge in [0.15, 0.2) is 0 Å². The Labute approximate surface area is 128 Å². The van der Waals surface area contributed by atoms with Crippen molar-refractivity contribution in [3.63, 3.8) is 0 Å². The van der Waals surface area contributed by atoms with Crippen LogP contribution in [0.25, 0.3) is 0 Å². The topological polar surface area (TPSA) is 101 Å². The summed E-state index contributed by atoms with van der Waals surface area (Å²) in [6.07, 6.45) is 1.47. The van der Waals surface area contributed by atoms with Crippen LogP contribution in [0.3, 0.4) is 0 Å². The van der Waals surface area contributed by atoms with Crippen molar-refractivity contribution in [3.05, 3.63) is 27.7 Å². The molecule has 0 saturated carbocycles. The van der Waals surface area contributed by atoms with E-state index < -0.39 is 26.8 Å². The van der Waals surface area contributed by atoms with E-state index in [0.717, 1.165) is 6.07 Å². The second-order valence-electron chi connectivity index (χ2n) is 4.06. The first-order valence-electron chi connectivity index (χ1n) is 5.48. The van der Waals surface area contributed by atoms with Gasteiger partial charge < -0.3 is 5.11 Å². The van der Waals surface area contributed by atoms with E-state index in [1.165, 1.54) is 12.3 Å². The van der Waals surface area contributed by atoms with Crippen molar-refractivity contribution in [2.24, 2.45) is 0 Å². The lowest BCUT2D eigenvalue weighted by atomic mass is 10.1. The van der Waals surface area contributed by atoms with E-state index in [9.17, 15) is 17.4 Å². The first kappa shape index (κ1) is 17.3. The molecule has 0 bridgehead atoms. The minimum absolute atomic E-state index is 0.0276. The summed E-state index contributed by atoms with van der Waals surface area (Å²) in [6, 6.07) is 2.45. The minimum Gasteiger partial charge on any atom is -0.478 e. The molecule has 0 fully saturated rings. The lowest BCUT2D eigenvalue weighted by Crippen LogP contribution is -2.28. The van der Waals surface area contributed by atoms with Crippen LogP contribution in [0.15, 0.2) is 21.5 Å². The Morgan fingerprint density at radius 2 is 2.05 bits per heavy atom. The summed E-state index contributed by atoms with van der Waals surface area (Å²) in [4.78, 5) is 10.9. The molecule has 0 aliphatic heterocycles. The van der Waals surface area contributed by atoms with Gasteiger partial charge in [0.25, 0.3) is 0 Å². The predicted molar refractivity (Wildman–Crippen MR) is 80.0 cm³/mol. The van der Waals surface area contributed by atoms with Gasteiger partial charge in [0, 0.05) is 33.8 Å². The van der Waals surface area contributed by atoms with Gasteiger partial charge in [0.2, 0.25) is 10.0 Å². The van der Waals surface area contributed by atoms with Crippen LogP contribution in [-0.2, 0) is 20.8 Å². The number of carboxylic acids is 1. The number of halogens is 1. The van der Waals surface area contributed by atoms with Crippen LogP contribution in [0.4, 0.5) is 0 Å². The van der Waals surface area contributed by atoms with Crippen LogP contribution in [0.5, 0.6) is 0 Å². The number of hydrogen-bond donors (Lipinski definition) is 2. The molecule has 0 spiro atoms. The van der Waals surface area contributed by atoms with Crippen molar-refractivity contribution in [2.75, 3.05) is 18.6 Å². The molecule has 9 heteroatoms. The quantitative estimate of drug-likeness (QED) is 0.766. The molecule has 1 unspecified atom stereocenters. The van der Waals surface area contributed by atoms with E-state index in [0.29, 0.717) is 10.0 Å². The van der Waals surface area contributed by atoms with Crippen molar-refractivity contribution in [2.45, 2.75) is 11.8 Å². The summed E-state index contributed by atoms with van der Waals surface area (Å²) in [5, 5.41) is 8.96. The zero-order valence-corrected chi connectivity index (χ0v) is 14.1. The smallest absolute Gasteiger partial charge is 0.335 e. The first-order chi connectivity index (χ1) is 9.15. The number of hydrogen-bond acceptors (Lipinski definition) is 4. The Hall–Kier alpha value is -0.770. The van der Waals surface area contributed by atoms with Crippen LogP contribution >= 0.6 is 15.9 Å². The fourth-order valence-corrected chi connectivity index (χ4v) is 3.89. The van der Waals surface area contributed by atoms with Gasteiger partial charge in [-0.05, 0) is 24.6 Å². The molecule has 0 radical (unpaired) electrons. The standard InChI is InChI=1S/C11H14BrNO5S2/c1-7-9(12)5-8(11(14)15)6-10(7)20(17,18)13-3-4-19(2)16/h5-6,13H,3-4H2,1-2H3,(H,14,15). The zero-order chi connectivity index (χ0) is 15.5. The summed E-state index contributed by atoms with van der Waals surface area (Å²) in [7, 11) is -4.95. The molecule has 0 saturated heterocycles. The number of rotatable bonds is 6. The average Bonchev–Trinajstić information content (AvgIpc) is 2.31. The molecule has 1 atom stereocenters. The normalized spacial score (nSPS) is 13.2. The summed E-state index contributed by atoms with van der Waals surface area (Å²) in [5.74, 6) is -1.02. The van der Waals surface area contributed by atoms with E-state index >= 15 is 0 Å². The summed E-state index contributed by atoms with van der Waals surface area (Å²) in [6.45, 7) is 1.60. The molecule has 0 aliphatic rings. The van der Waals surface area contributed by atoms with Gasteiger partial charge in [0.1, 0.15) is 0 Å². The van der Waals surface area contributed by atoms with Crippen LogP contribution in [-0.4, -0.2) is 42.3 Å². The third-order valence-electron chi connectivity index (χ3n) is 2.51. The average molecular weight is 384 g/mol. The van der Waals surface area contributed by atoms with Gasteiger partial charge in [-0.15, -0.1) is 0 Å². The Bertz CT molecular complexity index is 657. The van der Waals surface area contributed by atoms with Gasteiger partial charge in [0.05, 0.1) is 10.5 Å². The number of benzene rings is 1. The Morgan fingerprint density at radius 1 is 1.45 bits per heavy atom. The van der Waals surface area contributed by atoms with Crippen molar-refractivity contribution < 1.29 is 22.5 Å². The van der Waals surface area contributed by atoms with Crippen molar-refractivity contribution >= 4 is 42.7 Å². The van der Waals surface area contributed by atoms with E-state index in [4.69, 9.17) is 5.11 Å². The molecule has 1 rings (SSSR count). The van der Waals surface area contributed by atoms with Gasteiger partial charge >= 0.3 is 5.97 Å². The summed E-state index contributed by atoms with van der Waals surface area (Å²) >= 11 is 3.14. The Kier molecular flexibility index (Phi) is 5.87. The molecule has 0 heterocycles. The highest BCUT2D eigenvalue weighted by Crippen LogP contribution is 2.25. The molecular formula is C11H14BrNO5S2. The fraction of sp³-hybridized carbons (Fsp3) is 0.364. The Balaban J connectivity index is 3.17.